The molecule has 8 heteroatoms. The van der Waals surface area contributed by atoms with E-state index in [-0.39, 0.29) is 17.5 Å². The summed E-state index contributed by atoms with van der Waals surface area (Å²) >= 11 is 1.75. The minimum atomic E-state index is -0.667. The topological polar surface area (TPSA) is 74.4 Å². The summed E-state index contributed by atoms with van der Waals surface area (Å²) in [5, 5.41) is 6.74. The van der Waals surface area contributed by atoms with Crippen molar-refractivity contribution in [3.8, 4) is 0 Å². The number of alkyl halides is 1. The SMILES string of the molecule is O=C(NC1NNC(C2CCC(F)CC2)O1)C1NC2CCCCC2S1. The number of carbonyl (C=O) groups is 1. The molecule has 0 aromatic carbocycles. The molecule has 5 atom stereocenters. The lowest BCUT2D eigenvalue weighted by molar-refractivity contribution is -0.126. The van der Waals surface area contributed by atoms with Crippen LogP contribution in [0.1, 0.15) is 51.4 Å². The molecule has 4 N–H and O–H groups in total. The van der Waals surface area contributed by atoms with E-state index in [1.54, 1.807) is 11.8 Å². The smallest absolute Gasteiger partial charge is 0.250 e. The van der Waals surface area contributed by atoms with Gasteiger partial charge in [0.25, 0.3) is 5.91 Å². The van der Waals surface area contributed by atoms with Crippen molar-refractivity contribution < 1.29 is 13.9 Å². The van der Waals surface area contributed by atoms with Crippen LogP contribution in [0.5, 0.6) is 0 Å². The monoisotopic (exact) mass is 358 g/mol. The number of hydrogen-bond acceptors (Lipinski definition) is 6. The van der Waals surface area contributed by atoms with Gasteiger partial charge >= 0.3 is 0 Å². The number of rotatable bonds is 3. The van der Waals surface area contributed by atoms with Crippen molar-refractivity contribution >= 4 is 17.7 Å². The zero-order valence-electron chi connectivity index (χ0n) is 13.8. The Balaban J connectivity index is 1.24. The van der Waals surface area contributed by atoms with Gasteiger partial charge in [-0.2, -0.15) is 0 Å². The van der Waals surface area contributed by atoms with Crippen LogP contribution < -0.4 is 21.5 Å². The second kappa shape index (κ2) is 7.45. The third-order valence-corrected chi connectivity index (χ3v) is 7.20. The normalized spacial score (nSPS) is 45.8. The van der Waals surface area contributed by atoms with Crippen molar-refractivity contribution in [2.75, 3.05) is 0 Å². The van der Waals surface area contributed by atoms with Crippen molar-refractivity contribution in [2.24, 2.45) is 5.92 Å². The van der Waals surface area contributed by atoms with Gasteiger partial charge in [-0.15, -0.1) is 11.8 Å². The fourth-order valence-corrected chi connectivity index (χ4v) is 5.76. The summed E-state index contributed by atoms with van der Waals surface area (Å²) in [6, 6.07) is 0.471. The van der Waals surface area contributed by atoms with E-state index < -0.39 is 12.5 Å². The number of halogens is 1. The Bertz CT molecular complexity index is 449. The van der Waals surface area contributed by atoms with Crippen LogP contribution in [-0.4, -0.2) is 41.3 Å². The first-order valence-electron chi connectivity index (χ1n) is 9.21. The molecule has 0 aromatic rings. The van der Waals surface area contributed by atoms with E-state index in [2.05, 4.69) is 21.5 Å². The molecule has 2 saturated heterocycles. The molecule has 5 unspecified atom stereocenters. The first kappa shape index (κ1) is 17.0. The van der Waals surface area contributed by atoms with Gasteiger partial charge in [-0.25, -0.2) is 15.2 Å². The third-order valence-electron chi connectivity index (χ3n) is 5.66. The minimum absolute atomic E-state index is 0.0261. The predicted octanol–water partition coefficient (Wildman–Crippen LogP) is 1.34. The fourth-order valence-electron chi connectivity index (χ4n) is 4.25. The van der Waals surface area contributed by atoms with Crippen molar-refractivity contribution in [3.63, 3.8) is 0 Å². The van der Waals surface area contributed by atoms with Crippen LogP contribution in [0.3, 0.4) is 0 Å². The van der Waals surface area contributed by atoms with Crippen LogP contribution in [0.4, 0.5) is 4.39 Å². The van der Waals surface area contributed by atoms with Crippen LogP contribution in [0.2, 0.25) is 0 Å². The molecule has 24 heavy (non-hydrogen) atoms. The molecule has 2 heterocycles. The first-order valence-corrected chi connectivity index (χ1v) is 10.2. The van der Waals surface area contributed by atoms with Gasteiger partial charge in [0, 0.05) is 17.2 Å². The molecule has 4 fully saturated rings. The summed E-state index contributed by atoms with van der Waals surface area (Å²) in [7, 11) is 0. The highest BCUT2D eigenvalue weighted by Gasteiger charge is 2.40. The van der Waals surface area contributed by atoms with Gasteiger partial charge < -0.3 is 10.1 Å². The van der Waals surface area contributed by atoms with Crippen LogP contribution in [0, 0.1) is 5.92 Å². The molecule has 0 radical (unpaired) electrons. The van der Waals surface area contributed by atoms with Crippen LogP contribution in [0.25, 0.3) is 0 Å². The second-order valence-electron chi connectivity index (χ2n) is 7.36. The zero-order chi connectivity index (χ0) is 16.5. The number of hydrogen-bond donors (Lipinski definition) is 4. The maximum atomic E-state index is 13.2. The van der Waals surface area contributed by atoms with Gasteiger partial charge in [0.15, 0.2) is 0 Å². The summed E-state index contributed by atoms with van der Waals surface area (Å²) in [6.45, 7) is 0. The Kier molecular flexibility index (Phi) is 5.29. The van der Waals surface area contributed by atoms with Gasteiger partial charge in [-0.05, 0) is 38.5 Å². The lowest BCUT2D eigenvalue weighted by atomic mass is 9.87. The number of carbonyl (C=O) groups excluding carboxylic acids is 1. The predicted molar refractivity (Wildman–Crippen MR) is 90.5 cm³/mol. The van der Waals surface area contributed by atoms with Gasteiger partial charge in [0.1, 0.15) is 17.8 Å². The highest BCUT2D eigenvalue weighted by molar-refractivity contribution is 8.01. The van der Waals surface area contributed by atoms with Gasteiger partial charge in [-0.3, -0.25) is 10.1 Å². The Morgan fingerprint density at radius 1 is 1.08 bits per heavy atom. The molecule has 136 valence electrons. The second-order valence-corrected chi connectivity index (χ2v) is 8.71. The summed E-state index contributed by atoms with van der Waals surface area (Å²) in [4.78, 5) is 12.5. The van der Waals surface area contributed by atoms with Crippen molar-refractivity contribution in [1.29, 1.82) is 0 Å². The van der Waals surface area contributed by atoms with E-state index in [0.717, 1.165) is 12.8 Å². The summed E-state index contributed by atoms with van der Waals surface area (Å²) in [5.74, 6) is 0.273. The number of hydrazine groups is 1. The molecule has 2 aliphatic heterocycles. The maximum absolute atomic E-state index is 13.2. The zero-order valence-corrected chi connectivity index (χ0v) is 14.6. The van der Waals surface area contributed by atoms with Crippen LogP contribution in [0.15, 0.2) is 0 Å². The quantitative estimate of drug-likeness (QED) is 0.610. The molecular weight excluding hydrogens is 331 g/mol. The van der Waals surface area contributed by atoms with Gasteiger partial charge in [0.2, 0.25) is 6.35 Å². The van der Waals surface area contributed by atoms with Gasteiger partial charge in [0.05, 0.1) is 0 Å². The molecule has 0 bridgehead atoms. The van der Waals surface area contributed by atoms with E-state index in [9.17, 15) is 9.18 Å². The lowest BCUT2D eigenvalue weighted by Crippen LogP contribution is -2.50. The molecule has 4 aliphatic rings. The molecular formula is C16H27FN4O2S. The summed E-state index contributed by atoms with van der Waals surface area (Å²) in [5.41, 5.74) is 6.10. The number of nitrogens with one attached hydrogen (secondary N) is 4. The van der Waals surface area contributed by atoms with E-state index in [1.807, 2.05) is 0 Å². The fraction of sp³-hybridized carbons (Fsp3) is 0.938. The Hall–Kier alpha value is -0.410. The van der Waals surface area contributed by atoms with Crippen molar-refractivity contribution in [2.45, 2.75) is 86.8 Å². The Morgan fingerprint density at radius 2 is 1.88 bits per heavy atom. The largest absolute Gasteiger partial charge is 0.324 e. The minimum Gasteiger partial charge on any atom is -0.324 e. The van der Waals surface area contributed by atoms with Crippen molar-refractivity contribution in [1.82, 2.24) is 21.5 Å². The van der Waals surface area contributed by atoms with E-state index >= 15 is 0 Å². The third kappa shape index (κ3) is 3.72. The van der Waals surface area contributed by atoms with Crippen molar-refractivity contribution in [3.05, 3.63) is 0 Å². The summed E-state index contributed by atoms with van der Waals surface area (Å²) in [6.07, 6.45) is 6.41. The number of amides is 1. The van der Waals surface area contributed by atoms with E-state index in [1.165, 1.54) is 25.7 Å². The molecule has 4 rings (SSSR count). The highest BCUT2D eigenvalue weighted by Crippen LogP contribution is 2.37. The average molecular weight is 358 g/mol. The number of thioether (sulfide) groups is 1. The lowest BCUT2D eigenvalue weighted by Gasteiger charge is -2.28. The molecule has 0 spiro atoms. The van der Waals surface area contributed by atoms with E-state index in [4.69, 9.17) is 4.74 Å². The first-order chi connectivity index (χ1) is 11.7. The standard InChI is InChI=1S/C16H27FN4O2S/c17-10-7-5-9(6-8-10)14-20-21-16(23-14)19-13(22)15-18-11-3-1-2-4-12(11)24-15/h9-12,14-16,18,20-21H,1-8H2,(H,19,22). The molecule has 2 saturated carbocycles. The Labute approximate surface area is 146 Å². The summed E-state index contributed by atoms with van der Waals surface area (Å²) < 4.78 is 19.1. The number of ether oxygens (including phenoxy) is 1. The average Bonchev–Trinajstić information content (AvgIpc) is 3.22. The molecule has 2 aliphatic carbocycles. The van der Waals surface area contributed by atoms with Gasteiger partial charge in [-0.1, -0.05) is 12.8 Å². The van der Waals surface area contributed by atoms with Crippen LogP contribution >= 0.6 is 11.8 Å². The highest BCUT2D eigenvalue weighted by atomic mass is 32.2. The Morgan fingerprint density at radius 3 is 2.67 bits per heavy atom. The number of fused-ring (bicyclic) bond motifs is 1. The maximum Gasteiger partial charge on any atom is 0.250 e. The molecule has 1 amide bonds. The molecule has 0 aromatic heterocycles. The van der Waals surface area contributed by atoms with Crippen LogP contribution in [-0.2, 0) is 9.53 Å². The molecule has 6 nitrogen and oxygen atoms in total. The van der Waals surface area contributed by atoms with E-state index in [0.29, 0.717) is 30.1 Å².